The number of carbonyl (C=O) groups is 1. The smallest absolute Gasteiger partial charge is 0.320 e. The number of allylic oxidation sites excluding steroid dienone is 1. The van der Waals surface area contributed by atoms with E-state index in [0.717, 1.165) is 25.9 Å². The van der Waals surface area contributed by atoms with Gasteiger partial charge in [0.1, 0.15) is 11.8 Å². The van der Waals surface area contributed by atoms with Crippen LogP contribution in [0.5, 0.6) is 0 Å². The van der Waals surface area contributed by atoms with Gasteiger partial charge in [-0.2, -0.15) is 5.26 Å². The average Bonchev–Trinajstić information content (AvgIpc) is 2.94. The van der Waals surface area contributed by atoms with Gasteiger partial charge >= 0.3 is 6.03 Å². The van der Waals surface area contributed by atoms with Crippen LogP contribution in [0.4, 0.5) is 4.79 Å². The van der Waals surface area contributed by atoms with Crippen LogP contribution in [0, 0.1) is 11.3 Å². The van der Waals surface area contributed by atoms with Gasteiger partial charge in [0.25, 0.3) is 0 Å². The molecule has 2 amide bonds. The number of nitriles is 1. The van der Waals surface area contributed by atoms with Gasteiger partial charge in [0, 0.05) is 26.2 Å². The zero-order valence-electron chi connectivity index (χ0n) is 13.9. The number of piperidine rings is 1. The molecule has 0 aromatic rings. The Morgan fingerprint density at radius 2 is 1.92 bits per heavy atom. The molecule has 3 saturated heterocycles. The summed E-state index contributed by atoms with van der Waals surface area (Å²) >= 11 is 5.86. The highest BCUT2D eigenvalue weighted by Gasteiger charge is 2.40. The zero-order chi connectivity index (χ0) is 18.0. The van der Waals surface area contributed by atoms with Crippen LogP contribution in [-0.2, 0) is 4.74 Å². The standard InChI is InChI=1S/C15H22ClN7O2/c16-13(12(18)6-17)20-14(19)21-3-1-2-10(7-21)22-4-5-23(15(22)24)11-8-25-9-11/h10-11H,1-5,7-9,18H2,(H2,19,20)/b13-12-. The molecule has 3 aliphatic rings. The van der Waals surface area contributed by atoms with Crippen LogP contribution in [0.3, 0.4) is 0 Å². The minimum Gasteiger partial charge on any atom is -0.388 e. The van der Waals surface area contributed by atoms with Crippen LogP contribution in [0.2, 0.25) is 0 Å². The summed E-state index contributed by atoms with van der Waals surface area (Å²) < 4.78 is 5.19. The SMILES string of the molecule is N#C/C(N)=C(\Cl)N=C(N)N1CCCC(N2CCN(C3COC3)C2=O)C1. The molecule has 10 heteroatoms. The number of aliphatic imine (C=N–C) groups is 1. The lowest BCUT2D eigenvalue weighted by Gasteiger charge is -2.39. The summed E-state index contributed by atoms with van der Waals surface area (Å²) in [4.78, 5) is 22.4. The molecule has 0 aliphatic carbocycles. The second-order valence-electron chi connectivity index (χ2n) is 6.39. The topological polar surface area (TPSA) is 124 Å². The van der Waals surface area contributed by atoms with Crippen LogP contribution < -0.4 is 11.5 Å². The molecule has 0 saturated carbocycles. The van der Waals surface area contributed by atoms with Crippen molar-refractivity contribution in [2.45, 2.75) is 24.9 Å². The van der Waals surface area contributed by atoms with Crippen molar-refractivity contribution in [1.82, 2.24) is 14.7 Å². The maximum atomic E-state index is 12.7. The van der Waals surface area contributed by atoms with Gasteiger partial charge in [0.05, 0.1) is 25.3 Å². The van der Waals surface area contributed by atoms with E-state index in [4.69, 9.17) is 33.1 Å². The first-order valence-electron chi connectivity index (χ1n) is 8.30. The van der Waals surface area contributed by atoms with Gasteiger partial charge in [-0.1, -0.05) is 11.6 Å². The lowest BCUT2D eigenvalue weighted by atomic mass is 10.0. The first-order valence-corrected chi connectivity index (χ1v) is 8.68. The third-order valence-electron chi connectivity index (χ3n) is 4.85. The average molecular weight is 368 g/mol. The predicted molar refractivity (Wildman–Crippen MR) is 92.3 cm³/mol. The number of nitrogens with two attached hydrogens (primary N) is 2. The van der Waals surface area contributed by atoms with Gasteiger partial charge in [0.15, 0.2) is 11.1 Å². The van der Waals surface area contributed by atoms with Crippen LogP contribution in [-0.4, -0.2) is 78.2 Å². The highest BCUT2D eigenvalue weighted by atomic mass is 35.5. The van der Waals surface area contributed by atoms with Crippen molar-refractivity contribution in [3.63, 3.8) is 0 Å². The Morgan fingerprint density at radius 1 is 1.24 bits per heavy atom. The number of guanidine groups is 1. The lowest BCUT2D eigenvalue weighted by molar-refractivity contribution is -0.0445. The lowest BCUT2D eigenvalue weighted by Crippen LogP contribution is -2.55. The molecular formula is C15H22ClN7O2. The van der Waals surface area contributed by atoms with Crippen molar-refractivity contribution < 1.29 is 9.53 Å². The molecule has 0 aromatic heterocycles. The second kappa shape index (κ2) is 7.37. The maximum absolute atomic E-state index is 12.7. The van der Waals surface area contributed by atoms with E-state index >= 15 is 0 Å². The highest BCUT2D eigenvalue weighted by molar-refractivity contribution is 6.30. The summed E-state index contributed by atoms with van der Waals surface area (Å²) in [5, 5.41) is 8.62. The van der Waals surface area contributed by atoms with Crippen molar-refractivity contribution in [2.24, 2.45) is 16.5 Å². The number of urea groups is 1. The number of hydrogen-bond acceptors (Lipinski definition) is 5. The number of likely N-dealkylation sites (tertiary alicyclic amines) is 1. The van der Waals surface area contributed by atoms with Crippen molar-refractivity contribution in [3.05, 3.63) is 10.9 Å². The molecule has 25 heavy (non-hydrogen) atoms. The normalized spacial score (nSPS) is 26.4. The van der Waals surface area contributed by atoms with E-state index in [0.29, 0.717) is 26.3 Å². The Morgan fingerprint density at radius 3 is 2.52 bits per heavy atom. The molecule has 9 nitrogen and oxygen atoms in total. The zero-order valence-corrected chi connectivity index (χ0v) is 14.7. The molecular weight excluding hydrogens is 346 g/mol. The summed E-state index contributed by atoms with van der Waals surface area (Å²) in [6, 6.07) is 2.10. The Hall–Kier alpha value is -2.18. The Labute approximate surface area is 151 Å². The largest absolute Gasteiger partial charge is 0.388 e. The number of hydrogen-bond donors (Lipinski definition) is 2. The Kier molecular flexibility index (Phi) is 5.20. The second-order valence-corrected chi connectivity index (χ2v) is 6.75. The number of rotatable bonds is 3. The molecule has 3 heterocycles. The first-order chi connectivity index (χ1) is 12.0. The Balaban J connectivity index is 1.64. The minimum absolute atomic E-state index is 0.0716. The number of halogens is 1. The van der Waals surface area contributed by atoms with Crippen LogP contribution in [0.15, 0.2) is 15.8 Å². The molecule has 0 spiro atoms. The maximum Gasteiger partial charge on any atom is 0.320 e. The number of ether oxygens (including phenoxy) is 1. The van der Waals surface area contributed by atoms with Crippen molar-refractivity contribution in [3.8, 4) is 6.07 Å². The molecule has 1 atom stereocenters. The van der Waals surface area contributed by atoms with Gasteiger partial charge in [-0.15, -0.1) is 0 Å². The van der Waals surface area contributed by atoms with Gasteiger partial charge in [-0.3, -0.25) is 0 Å². The summed E-state index contributed by atoms with van der Waals surface area (Å²) in [6.45, 7) is 4.02. The van der Waals surface area contributed by atoms with Crippen LogP contribution in [0.25, 0.3) is 0 Å². The predicted octanol–water partition coefficient (Wildman–Crippen LogP) is -0.208. The van der Waals surface area contributed by atoms with E-state index in [1.54, 1.807) is 6.07 Å². The number of amides is 2. The molecule has 0 bridgehead atoms. The number of carbonyl (C=O) groups excluding carboxylic acids is 1. The van der Waals surface area contributed by atoms with E-state index in [1.165, 1.54) is 0 Å². The fraction of sp³-hybridized carbons (Fsp3) is 0.667. The first kappa shape index (κ1) is 17.6. The highest BCUT2D eigenvalue weighted by Crippen LogP contribution is 2.24. The summed E-state index contributed by atoms with van der Waals surface area (Å²) in [7, 11) is 0. The number of nitrogens with zero attached hydrogens (tertiary/aromatic N) is 5. The van der Waals surface area contributed by atoms with Gasteiger partial charge in [-0.05, 0) is 12.8 Å². The fourth-order valence-corrected chi connectivity index (χ4v) is 3.48. The third-order valence-corrected chi connectivity index (χ3v) is 5.14. The van der Waals surface area contributed by atoms with Gasteiger partial charge in [0.2, 0.25) is 0 Å². The minimum atomic E-state index is -0.175. The van der Waals surface area contributed by atoms with E-state index in [9.17, 15) is 4.79 Å². The fourth-order valence-electron chi connectivity index (χ4n) is 3.35. The van der Waals surface area contributed by atoms with Crippen molar-refractivity contribution in [1.29, 1.82) is 5.26 Å². The Bertz CT molecular complexity index is 640. The summed E-state index contributed by atoms with van der Waals surface area (Å²) in [5.74, 6) is 0.212. The molecule has 136 valence electrons. The quantitative estimate of drug-likeness (QED) is 0.308. The van der Waals surface area contributed by atoms with Crippen LogP contribution >= 0.6 is 11.6 Å². The van der Waals surface area contributed by atoms with E-state index in [2.05, 4.69) is 4.99 Å². The van der Waals surface area contributed by atoms with Crippen molar-refractivity contribution in [2.75, 3.05) is 39.4 Å². The van der Waals surface area contributed by atoms with Gasteiger partial charge in [-0.25, -0.2) is 9.79 Å². The van der Waals surface area contributed by atoms with E-state index in [1.807, 2.05) is 14.7 Å². The molecule has 1 unspecified atom stereocenters. The van der Waals surface area contributed by atoms with E-state index < -0.39 is 0 Å². The van der Waals surface area contributed by atoms with Gasteiger partial charge < -0.3 is 30.9 Å². The monoisotopic (exact) mass is 367 g/mol. The van der Waals surface area contributed by atoms with E-state index in [-0.39, 0.29) is 34.9 Å². The van der Waals surface area contributed by atoms with Crippen molar-refractivity contribution >= 4 is 23.6 Å². The molecule has 0 radical (unpaired) electrons. The molecule has 3 rings (SSSR count). The summed E-state index contributed by atoms with van der Waals surface area (Å²) in [6.07, 6.45) is 1.82. The molecule has 3 fully saturated rings. The summed E-state index contributed by atoms with van der Waals surface area (Å²) in [5.41, 5.74) is 11.3. The molecule has 4 N–H and O–H groups in total. The van der Waals surface area contributed by atoms with Crippen LogP contribution in [0.1, 0.15) is 12.8 Å². The molecule has 3 aliphatic heterocycles. The third kappa shape index (κ3) is 3.60. The molecule has 0 aromatic carbocycles.